The van der Waals surface area contributed by atoms with Gasteiger partial charge < -0.3 is 9.47 Å². The van der Waals surface area contributed by atoms with Crippen molar-refractivity contribution in [3.63, 3.8) is 0 Å². The van der Waals surface area contributed by atoms with Crippen LogP contribution in [-0.4, -0.2) is 23.8 Å². The largest absolute Gasteiger partial charge is 0.466 e. The monoisotopic (exact) mass is 437 g/mol. The lowest BCUT2D eigenvalue weighted by molar-refractivity contribution is -0.142. The van der Waals surface area contributed by atoms with Gasteiger partial charge in [0.15, 0.2) is 0 Å². The number of nitrogens with one attached hydrogen (secondary N) is 1. The van der Waals surface area contributed by atoms with E-state index in [9.17, 15) is 4.79 Å². The average Bonchev–Trinajstić information content (AvgIpc) is 3.16. The van der Waals surface area contributed by atoms with Crippen LogP contribution in [0.4, 0.5) is 5.13 Å². The number of ether oxygens (including phenoxy) is 2. The zero-order valence-electron chi connectivity index (χ0n) is 18.2. The molecule has 31 heavy (non-hydrogen) atoms. The van der Waals surface area contributed by atoms with Crippen molar-refractivity contribution in [2.75, 3.05) is 12.0 Å². The van der Waals surface area contributed by atoms with Crippen molar-refractivity contribution in [3.05, 3.63) is 70.7 Å². The highest BCUT2D eigenvalue weighted by atomic mass is 32.1. The minimum Gasteiger partial charge on any atom is -0.466 e. The van der Waals surface area contributed by atoms with E-state index in [1.54, 1.807) is 13.1 Å². The SMILES string of the molecule is CCOC(=O)Cc1csc(NN=Cc2ccccc2Oc2ccc(C(C)(C)C)cc2)n1. The molecule has 0 aliphatic rings. The van der Waals surface area contributed by atoms with Crippen LogP contribution in [0.2, 0.25) is 0 Å². The number of para-hydroxylation sites is 1. The van der Waals surface area contributed by atoms with Gasteiger partial charge in [0.25, 0.3) is 0 Å². The van der Waals surface area contributed by atoms with Crippen LogP contribution in [0.25, 0.3) is 0 Å². The van der Waals surface area contributed by atoms with E-state index >= 15 is 0 Å². The number of aromatic nitrogens is 1. The molecule has 1 aromatic heterocycles. The Morgan fingerprint density at radius 3 is 2.61 bits per heavy atom. The van der Waals surface area contributed by atoms with E-state index in [-0.39, 0.29) is 17.8 Å². The van der Waals surface area contributed by atoms with Crippen LogP contribution < -0.4 is 10.2 Å². The molecule has 1 N–H and O–H groups in total. The molecule has 7 heteroatoms. The van der Waals surface area contributed by atoms with Gasteiger partial charge in [0.05, 0.1) is 24.9 Å². The van der Waals surface area contributed by atoms with Crippen LogP contribution in [0.15, 0.2) is 59.0 Å². The molecule has 0 radical (unpaired) electrons. The van der Waals surface area contributed by atoms with Gasteiger partial charge in [0.1, 0.15) is 11.5 Å². The smallest absolute Gasteiger partial charge is 0.311 e. The van der Waals surface area contributed by atoms with E-state index in [0.717, 1.165) is 11.3 Å². The van der Waals surface area contributed by atoms with Gasteiger partial charge in [0.2, 0.25) is 5.13 Å². The lowest BCUT2D eigenvalue weighted by atomic mass is 9.87. The first-order valence-electron chi connectivity index (χ1n) is 10.1. The van der Waals surface area contributed by atoms with Crippen molar-refractivity contribution in [3.8, 4) is 11.5 Å². The fourth-order valence-electron chi connectivity index (χ4n) is 2.79. The summed E-state index contributed by atoms with van der Waals surface area (Å²) >= 11 is 1.38. The molecule has 0 aliphatic heterocycles. The number of hydrazone groups is 1. The molecule has 0 fully saturated rings. The molecule has 3 rings (SSSR count). The van der Waals surface area contributed by atoms with E-state index < -0.39 is 0 Å². The number of benzene rings is 2. The summed E-state index contributed by atoms with van der Waals surface area (Å²) in [5.41, 5.74) is 5.74. The summed E-state index contributed by atoms with van der Waals surface area (Å²) in [7, 11) is 0. The molecule has 0 atom stereocenters. The maximum absolute atomic E-state index is 11.6. The van der Waals surface area contributed by atoms with Crippen LogP contribution in [0.5, 0.6) is 11.5 Å². The minimum atomic E-state index is -0.288. The van der Waals surface area contributed by atoms with Crippen LogP contribution in [0.3, 0.4) is 0 Å². The van der Waals surface area contributed by atoms with Crippen molar-refractivity contribution >= 4 is 28.7 Å². The molecule has 0 aliphatic carbocycles. The van der Waals surface area contributed by atoms with Gasteiger partial charge in [-0.1, -0.05) is 45.0 Å². The topological polar surface area (TPSA) is 72.8 Å². The Morgan fingerprint density at radius 1 is 1.16 bits per heavy atom. The van der Waals surface area contributed by atoms with E-state index in [0.29, 0.717) is 23.2 Å². The molecule has 1 heterocycles. The molecule has 6 nitrogen and oxygen atoms in total. The molecule has 0 spiro atoms. The van der Waals surface area contributed by atoms with Gasteiger partial charge in [-0.25, -0.2) is 4.98 Å². The summed E-state index contributed by atoms with van der Waals surface area (Å²) in [6.45, 7) is 8.70. The van der Waals surface area contributed by atoms with Crippen molar-refractivity contribution in [2.24, 2.45) is 5.10 Å². The number of anilines is 1. The Hall–Kier alpha value is -3.19. The summed E-state index contributed by atoms with van der Waals surface area (Å²) in [5, 5.41) is 6.68. The standard InChI is InChI=1S/C24H27N3O3S/c1-5-29-22(28)14-19-16-31-23(26-19)27-25-15-17-8-6-7-9-21(17)30-20-12-10-18(11-13-20)24(2,3)4/h6-13,15-16H,5,14H2,1-4H3,(H,26,27). The van der Waals surface area contributed by atoms with Gasteiger partial charge >= 0.3 is 5.97 Å². The predicted octanol–water partition coefficient (Wildman–Crippen LogP) is 5.78. The third-order valence-electron chi connectivity index (χ3n) is 4.41. The van der Waals surface area contributed by atoms with Crippen molar-refractivity contribution < 1.29 is 14.3 Å². The van der Waals surface area contributed by atoms with Crippen molar-refractivity contribution in [1.29, 1.82) is 0 Å². The number of nitrogens with zero attached hydrogens (tertiary/aromatic N) is 2. The number of hydrogen-bond donors (Lipinski definition) is 1. The Balaban J connectivity index is 1.63. The van der Waals surface area contributed by atoms with Gasteiger partial charge in [-0.2, -0.15) is 5.10 Å². The first-order valence-corrected chi connectivity index (χ1v) is 11.0. The third-order valence-corrected chi connectivity index (χ3v) is 5.21. The molecule has 3 aromatic rings. The number of carbonyl (C=O) groups excluding carboxylic acids is 1. The van der Waals surface area contributed by atoms with Crippen LogP contribution in [-0.2, 0) is 21.4 Å². The molecule has 162 valence electrons. The predicted molar refractivity (Wildman–Crippen MR) is 125 cm³/mol. The van der Waals surface area contributed by atoms with E-state index in [2.05, 4.69) is 48.4 Å². The van der Waals surface area contributed by atoms with Crippen molar-refractivity contribution in [2.45, 2.75) is 39.5 Å². The third kappa shape index (κ3) is 6.65. The number of esters is 1. The maximum Gasteiger partial charge on any atom is 0.311 e. The zero-order chi connectivity index (χ0) is 22.3. The van der Waals surface area contributed by atoms with Crippen molar-refractivity contribution in [1.82, 2.24) is 4.98 Å². The Morgan fingerprint density at radius 2 is 1.90 bits per heavy atom. The lowest BCUT2D eigenvalue weighted by Crippen LogP contribution is -2.10. The summed E-state index contributed by atoms with van der Waals surface area (Å²) in [6.07, 6.45) is 1.84. The number of carbonyl (C=O) groups is 1. The molecular formula is C24H27N3O3S. The Kier molecular flexibility index (Phi) is 7.41. The average molecular weight is 438 g/mol. The van der Waals surface area contributed by atoms with Crippen LogP contribution in [0, 0.1) is 0 Å². The molecule has 0 unspecified atom stereocenters. The second kappa shape index (κ2) is 10.2. The summed E-state index contributed by atoms with van der Waals surface area (Å²) in [4.78, 5) is 15.9. The van der Waals surface area contributed by atoms with E-state index in [1.165, 1.54) is 16.9 Å². The van der Waals surface area contributed by atoms with Gasteiger partial charge in [-0.3, -0.25) is 10.2 Å². The van der Waals surface area contributed by atoms with Gasteiger partial charge in [0, 0.05) is 10.9 Å². The highest BCUT2D eigenvalue weighted by Crippen LogP contribution is 2.28. The zero-order valence-corrected chi connectivity index (χ0v) is 19.0. The molecule has 0 bridgehead atoms. The van der Waals surface area contributed by atoms with Gasteiger partial charge in [-0.05, 0) is 42.2 Å². The molecule has 0 amide bonds. The molecule has 0 saturated heterocycles. The molecule has 2 aromatic carbocycles. The minimum absolute atomic E-state index is 0.0980. The first kappa shape index (κ1) is 22.5. The van der Waals surface area contributed by atoms with Crippen LogP contribution in [0.1, 0.15) is 44.5 Å². The number of hydrogen-bond acceptors (Lipinski definition) is 7. The summed E-state index contributed by atoms with van der Waals surface area (Å²) in [5.74, 6) is 1.19. The highest BCUT2D eigenvalue weighted by molar-refractivity contribution is 7.13. The van der Waals surface area contributed by atoms with Gasteiger partial charge in [-0.15, -0.1) is 11.3 Å². The lowest BCUT2D eigenvalue weighted by Gasteiger charge is -2.19. The van der Waals surface area contributed by atoms with E-state index in [1.807, 2.05) is 41.8 Å². The number of thiazole rings is 1. The second-order valence-corrected chi connectivity index (χ2v) is 8.77. The fraction of sp³-hybridized carbons (Fsp3) is 0.292. The summed E-state index contributed by atoms with van der Waals surface area (Å²) in [6, 6.07) is 15.8. The highest BCUT2D eigenvalue weighted by Gasteiger charge is 2.13. The maximum atomic E-state index is 11.6. The van der Waals surface area contributed by atoms with E-state index in [4.69, 9.17) is 9.47 Å². The first-order chi connectivity index (χ1) is 14.8. The molecule has 0 saturated carbocycles. The summed E-state index contributed by atoms with van der Waals surface area (Å²) < 4.78 is 11.0. The fourth-order valence-corrected chi connectivity index (χ4v) is 3.45. The quantitative estimate of drug-likeness (QED) is 0.274. The normalized spacial score (nSPS) is 11.5. The van der Waals surface area contributed by atoms with Crippen LogP contribution >= 0.6 is 11.3 Å². The Bertz CT molecular complexity index is 1040. The molecular weight excluding hydrogens is 410 g/mol. The Labute approximate surface area is 186 Å². The second-order valence-electron chi connectivity index (χ2n) is 7.91. The number of rotatable bonds is 8.